The predicted octanol–water partition coefficient (Wildman–Crippen LogP) is 9.78. The summed E-state index contributed by atoms with van der Waals surface area (Å²) in [4.78, 5) is 15.0. The number of aromatic nitrogens is 4. The third-order valence-electron chi connectivity index (χ3n) is 7.69. The average Bonchev–Trinajstić information content (AvgIpc) is 3.38. The summed E-state index contributed by atoms with van der Waals surface area (Å²) in [6.07, 6.45) is 0. The molecule has 42 heavy (non-hydrogen) atoms. The van der Waals surface area contributed by atoms with Crippen molar-refractivity contribution in [3.8, 4) is 39.9 Å². The smallest absolute Gasteiger partial charge is 0.166 e. The summed E-state index contributed by atoms with van der Waals surface area (Å²) < 4.78 is 2.28. The van der Waals surface area contributed by atoms with Gasteiger partial charge in [-0.1, -0.05) is 115 Å². The molecule has 8 rings (SSSR count). The standard InChI is InChI=1S/C37H23ClN4/c38-30-19-11-21-32-34(30)29-22-26-16-7-8-17-27(26)23-33(29)42(32)31-20-10-9-18-28(31)37-40-35(24-12-3-1-4-13-24)39-36(41-37)25-14-5-2-6-15-25/h1-23H. The van der Waals surface area contributed by atoms with Crippen LogP contribution in [0.3, 0.4) is 0 Å². The molecule has 0 unspecified atom stereocenters. The van der Waals surface area contributed by atoms with Gasteiger partial charge >= 0.3 is 0 Å². The van der Waals surface area contributed by atoms with Crippen molar-refractivity contribution in [2.75, 3.05) is 0 Å². The van der Waals surface area contributed by atoms with Crippen LogP contribution in [0.4, 0.5) is 0 Å². The number of hydrogen-bond donors (Lipinski definition) is 0. The second kappa shape index (κ2) is 9.95. The van der Waals surface area contributed by atoms with E-state index in [0.29, 0.717) is 17.5 Å². The summed E-state index contributed by atoms with van der Waals surface area (Å²) in [5.41, 5.74) is 5.85. The third kappa shape index (κ3) is 4.04. The fourth-order valence-electron chi connectivity index (χ4n) is 5.76. The minimum absolute atomic E-state index is 0.608. The lowest BCUT2D eigenvalue weighted by atomic mass is 10.1. The molecule has 0 radical (unpaired) electrons. The number of para-hydroxylation sites is 1. The van der Waals surface area contributed by atoms with E-state index in [4.69, 9.17) is 26.6 Å². The van der Waals surface area contributed by atoms with Gasteiger partial charge in [-0.15, -0.1) is 0 Å². The van der Waals surface area contributed by atoms with E-state index in [2.05, 4.69) is 65.2 Å². The Labute approximate surface area is 247 Å². The molecule has 0 aliphatic rings. The zero-order valence-corrected chi connectivity index (χ0v) is 23.2. The van der Waals surface area contributed by atoms with E-state index in [-0.39, 0.29) is 0 Å². The Balaban J connectivity index is 1.44. The van der Waals surface area contributed by atoms with Crippen LogP contribution in [0.1, 0.15) is 0 Å². The van der Waals surface area contributed by atoms with Crippen molar-refractivity contribution in [1.29, 1.82) is 0 Å². The Morgan fingerprint density at radius 1 is 0.476 bits per heavy atom. The van der Waals surface area contributed by atoms with Crippen molar-refractivity contribution in [1.82, 2.24) is 19.5 Å². The van der Waals surface area contributed by atoms with Crippen LogP contribution in [0, 0.1) is 0 Å². The molecule has 198 valence electrons. The van der Waals surface area contributed by atoms with Crippen molar-refractivity contribution in [2.45, 2.75) is 0 Å². The van der Waals surface area contributed by atoms with Gasteiger partial charge in [0, 0.05) is 27.5 Å². The molecule has 0 saturated carbocycles. The average molecular weight is 559 g/mol. The Hall–Kier alpha value is -5.32. The van der Waals surface area contributed by atoms with Gasteiger partial charge < -0.3 is 4.57 Å². The zero-order chi connectivity index (χ0) is 28.0. The third-order valence-corrected chi connectivity index (χ3v) is 8.01. The van der Waals surface area contributed by atoms with Crippen LogP contribution in [0.25, 0.3) is 72.4 Å². The second-order valence-corrected chi connectivity index (χ2v) is 10.6. The number of fused-ring (bicyclic) bond motifs is 4. The zero-order valence-electron chi connectivity index (χ0n) is 22.4. The highest BCUT2D eigenvalue weighted by atomic mass is 35.5. The van der Waals surface area contributed by atoms with Crippen molar-refractivity contribution >= 4 is 44.2 Å². The Kier molecular flexibility index (Phi) is 5.80. The van der Waals surface area contributed by atoms with E-state index in [1.165, 1.54) is 10.8 Å². The summed E-state index contributed by atoms with van der Waals surface area (Å²) in [5, 5.41) is 5.20. The summed E-state index contributed by atoms with van der Waals surface area (Å²) in [6, 6.07) is 47.4. The molecule has 2 aromatic heterocycles. The van der Waals surface area contributed by atoms with E-state index in [9.17, 15) is 0 Å². The van der Waals surface area contributed by atoms with E-state index >= 15 is 0 Å². The van der Waals surface area contributed by atoms with Crippen molar-refractivity contribution in [3.05, 3.63) is 145 Å². The monoisotopic (exact) mass is 558 g/mol. The van der Waals surface area contributed by atoms with Crippen LogP contribution in [-0.2, 0) is 0 Å². The van der Waals surface area contributed by atoms with Crippen LogP contribution in [-0.4, -0.2) is 19.5 Å². The summed E-state index contributed by atoms with van der Waals surface area (Å²) >= 11 is 6.88. The molecule has 0 spiro atoms. The first kappa shape index (κ1) is 24.5. The molecule has 0 fully saturated rings. The molecule has 0 aliphatic carbocycles. The summed E-state index contributed by atoms with van der Waals surface area (Å²) in [5.74, 6) is 1.87. The molecule has 0 atom stereocenters. The fraction of sp³-hybridized carbons (Fsp3) is 0. The molecule has 0 aliphatic heterocycles. The molecule has 5 heteroatoms. The molecular formula is C37H23ClN4. The highest BCUT2D eigenvalue weighted by molar-refractivity contribution is 6.38. The largest absolute Gasteiger partial charge is 0.308 e. The molecule has 0 amide bonds. The lowest BCUT2D eigenvalue weighted by Gasteiger charge is -2.14. The van der Waals surface area contributed by atoms with Gasteiger partial charge in [0.2, 0.25) is 0 Å². The van der Waals surface area contributed by atoms with Gasteiger partial charge in [-0.05, 0) is 47.2 Å². The predicted molar refractivity (Wildman–Crippen MR) is 173 cm³/mol. The van der Waals surface area contributed by atoms with Gasteiger partial charge in [0.15, 0.2) is 17.5 Å². The Morgan fingerprint density at radius 2 is 1.05 bits per heavy atom. The normalized spacial score (nSPS) is 11.5. The molecular weight excluding hydrogens is 536 g/mol. The van der Waals surface area contributed by atoms with Crippen LogP contribution in [0.15, 0.2) is 140 Å². The lowest BCUT2D eigenvalue weighted by Crippen LogP contribution is -2.03. The minimum Gasteiger partial charge on any atom is -0.308 e. The Bertz CT molecular complexity index is 2200. The maximum Gasteiger partial charge on any atom is 0.166 e. The highest BCUT2D eigenvalue weighted by Gasteiger charge is 2.20. The molecule has 0 bridgehead atoms. The molecule has 4 nitrogen and oxygen atoms in total. The molecule has 0 N–H and O–H groups in total. The number of benzene rings is 6. The first-order valence-corrected chi connectivity index (χ1v) is 14.2. The van der Waals surface area contributed by atoms with Crippen LogP contribution in [0.2, 0.25) is 5.02 Å². The Morgan fingerprint density at radius 3 is 1.74 bits per heavy atom. The van der Waals surface area contributed by atoms with E-state index in [1.807, 2.05) is 78.9 Å². The van der Waals surface area contributed by atoms with Gasteiger partial charge in [0.05, 0.1) is 21.7 Å². The highest BCUT2D eigenvalue weighted by Crippen LogP contribution is 2.40. The quantitative estimate of drug-likeness (QED) is 0.216. The van der Waals surface area contributed by atoms with Crippen molar-refractivity contribution < 1.29 is 0 Å². The second-order valence-electron chi connectivity index (χ2n) is 10.2. The number of rotatable bonds is 4. The van der Waals surface area contributed by atoms with Crippen LogP contribution in [0.5, 0.6) is 0 Å². The molecule has 8 aromatic rings. The van der Waals surface area contributed by atoms with Crippen LogP contribution < -0.4 is 0 Å². The van der Waals surface area contributed by atoms with Gasteiger partial charge in [-0.3, -0.25) is 0 Å². The number of halogens is 1. The number of hydrogen-bond acceptors (Lipinski definition) is 3. The topological polar surface area (TPSA) is 43.6 Å². The maximum absolute atomic E-state index is 6.88. The van der Waals surface area contributed by atoms with E-state index in [1.54, 1.807) is 0 Å². The first-order valence-electron chi connectivity index (χ1n) is 13.8. The molecule has 0 saturated heterocycles. The SMILES string of the molecule is Clc1cccc2c1c1cc3ccccc3cc1n2-c1ccccc1-c1nc(-c2ccccc2)nc(-c2ccccc2)n1. The van der Waals surface area contributed by atoms with Crippen LogP contribution >= 0.6 is 11.6 Å². The van der Waals surface area contributed by atoms with E-state index in [0.717, 1.165) is 49.2 Å². The summed E-state index contributed by atoms with van der Waals surface area (Å²) in [7, 11) is 0. The molecule has 6 aromatic carbocycles. The minimum atomic E-state index is 0.608. The fourth-order valence-corrected chi connectivity index (χ4v) is 6.03. The maximum atomic E-state index is 6.88. The lowest BCUT2D eigenvalue weighted by molar-refractivity contribution is 1.06. The van der Waals surface area contributed by atoms with Crippen molar-refractivity contribution in [2.24, 2.45) is 0 Å². The number of nitrogens with zero attached hydrogens (tertiary/aromatic N) is 4. The van der Waals surface area contributed by atoms with Gasteiger partial charge in [-0.2, -0.15) is 0 Å². The van der Waals surface area contributed by atoms with E-state index < -0.39 is 0 Å². The first-order chi connectivity index (χ1) is 20.7. The molecule has 2 heterocycles. The van der Waals surface area contributed by atoms with Crippen molar-refractivity contribution in [3.63, 3.8) is 0 Å². The summed E-state index contributed by atoms with van der Waals surface area (Å²) in [6.45, 7) is 0. The van der Waals surface area contributed by atoms with Gasteiger partial charge in [0.1, 0.15) is 0 Å². The van der Waals surface area contributed by atoms with Gasteiger partial charge in [-0.25, -0.2) is 15.0 Å². The van der Waals surface area contributed by atoms with Gasteiger partial charge in [0.25, 0.3) is 0 Å².